The standard InChI is InChI=1S/C18H22N6O/c25-17(16-14-15(4-7-19-16)22-8-1-2-9-22)23-10-12-24(13-11-23)18-20-5-3-6-21-18/h3-7,14H,1-2,8-13H2. The van der Waals surface area contributed by atoms with Crippen molar-refractivity contribution in [1.82, 2.24) is 19.9 Å². The van der Waals surface area contributed by atoms with Crippen molar-refractivity contribution in [2.24, 2.45) is 0 Å². The van der Waals surface area contributed by atoms with Gasteiger partial charge in [-0.05, 0) is 31.0 Å². The average Bonchev–Trinajstić information content (AvgIpc) is 3.23. The van der Waals surface area contributed by atoms with Gasteiger partial charge in [0.25, 0.3) is 5.91 Å². The van der Waals surface area contributed by atoms with E-state index in [4.69, 9.17) is 0 Å². The maximum atomic E-state index is 12.8. The summed E-state index contributed by atoms with van der Waals surface area (Å²) in [5.74, 6) is 0.735. The summed E-state index contributed by atoms with van der Waals surface area (Å²) in [6, 6.07) is 5.73. The van der Waals surface area contributed by atoms with Gasteiger partial charge in [0.1, 0.15) is 5.69 Å². The lowest BCUT2D eigenvalue weighted by molar-refractivity contribution is 0.0740. The van der Waals surface area contributed by atoms with Crippen LogP contribution in [-0.4, -0.2) is 65.0 Å². The SMILES string of the molecule is O=C(c1cc(N2CCCC2)ccn1)N1CCN(c2ncccn2)CC1. The molecule has 2 aliphatic rings. The first-order valence-electron chi connectivity index (χ1n) is 8.83. The van der Waals surface area contributed by atoms with Gasteiger partial charge in [0.05, 0.1) is 0 Å². The second-order valence-electron chi connectivity index (χ2n) is 6.42. The molecule has 2 aromatic heterocycles. The summed E-state index contributed by atoms with van der Waals surface area (Å²) in [5, 5.41) is 0. The van der Waals surface area contributed by atoms with Gasteiger partial charge in [-0.3, -0.25) is 9.78 Å². The number of hydrogen-bond donors (Lipinski definition) is 0. The molecule has 1 amide bonds. The van der Waals surface area contributed by atoms with E-state index in [9.17, 15) is 4.79 Å². The molecule has 7 nitrogen and oxygen atoms in total. The van der Waals surface area contributed by atoms with Gasteiger partial charge in [0.15, 0.2) is 0 Å². The fourth-order valence-electron chi connectivity index (χ4n) is 3.43. The molecule has 2 saturated heterocycles. The molecule has 0 aromatic carbocycles. The van der Waals surface area contributed by atoms with E-state index in [-0.39, 0.29) is 5.91 Å². The fraction of sp³-hybridized carbons (Fsp3) is 0.444. The molecular formula is C18H22N6O. The fourth-order valence-corrected chi connectivity index (χ4v) is 3.43. The van der Waals surface area contributed by atoms with Gasteiger partial charge in [-0.1, -0.05) is 0 Å². The Morgan fingerprint density at radius 3 is 2.28 bits per heavy atom. The molecular weight excluding hydrogens is 316 g/mol. The second-order valence-corrected chi connectivity index (χ2v) is 6.42. The summed E-state index contributed by atoms with van der Waals surface area (Å²) in [7, 11) is 0. The van der Waals surface area contributed by atoms with Crippen molar-refractivity contribution < 1.29 is 4.79 Å². The van der Waals surface area contributed by atoms with Crippen LogP contribution in [0, 0.1) is 0 Å². The molecule has 2 fully saturated rings. The van der Waals surface area contributed by atoms with Gasteiger partial charge in [-0.2, -0.15) is 0 Å². The summed E-state index contributed by atoms with van der Waals surface area (Å²) < 4.78 is 0. The van der Waals surface area contributed by atoms with Gasteiger partial charge >= 0.3 is 0 Å². The normalized spacial score (nSPS) is 17.8. The quantitative estimate of drug-likeness (QED) is 0.844. The summed E-state index contributed by atoms with van der Waals surface area (Å²) >= 11 is 0. The van der Waals surface area contributed by atoms with Gasteiger partial charge in [0, 0.05) is 63.5 Å². The third-order valence-corrected chi connectivity index (χ3v) is 4.84. The molecule has 0 saturated carbocycles. The minimum absolute atomic E-state index is 0.00896. The molecule has 0 radical (unpaired) electrons. The Morgan fingerprint density at radius 1 is 0.840 bits per heavy atom. The minimum Gasteiger partial charge on any atom is -0.371 e. The van der Waals surface area contributed by atoms with Crippen molar-refractivity contribution in [2.75, 3.05) is 49.1 Å². The molecule has 0 N–H and O–H groups in total. The molecule has 0 aliphatic carbocycles. The highest BCUT2D eigenvalue weighted by atomic mass is 16.2. The summed E-state index contributed by atoms with van der Waals surface area (Å²) in [6.45, 7) is 4.92. The van der Waals surface area contributed by atoms with Crippen LogP contribution in [0.4, 0.5) is 11.6 Å². The van der Waals surface area contributed by atoms with E-state index < -0.39 is 0 Å². The van der Waals surface area contributed by atoms with Crippen molar-refractivity contribution >= 4 is 17.5 Å². The minimum atomic E-state index is 0.00896. The van der Waals surface area contributed by atoms with Crippen molar-refractivity contribution in [1.29, 1.82) is 0 Å². The highest BCUT2D eigenvalue weighted by Gasteiger charge is 2.24. The molecule has 2 aromatic rings. The molecule has 0 atom stereocenters. The molecule has 4 rings (SSSR count). The van der Waals surface area contributed by atoms with Crippen molar-refractivity contribution in [3.63, 3.8) is 0 Å². The number of carbonyl (C=O) groups is 1. The van der Waals surface area contributed by atoms with E-state index in [2.05, 4.69) is 24.8 Å². The number of pyridine rings is 1. The number of anilines is 2. The van der Waals surface area contributed by atoms with E-state index in [0.717, 1.165) is 37.8 Å². The Morgan fingerprint density at radius 2 is 1.56 bits per heavy atom. The zero-order chi connectivity index (χ0) is 17.1. The van der Waals surface area contributed by atoms with E-state index in [1.54, 1.807) is 18.6 Å². The summed E-state index contributed by atoms with van der Waals surface area (Å²) in [6.07, 6.45) is 7.67. The molecule has 0 unspecified atom stereocenters. The Labute approximate surface area is 147 Å². The van der Waals surface area contributed by atoms with Crippen LogP contribution in [0.15, 0.2) is 36.8 Å². The number of piperazine rings is 1. The van der Waals surface area contributed by atoms with Gasteiger partial charge < -0.3 is 14.7 Å². The number of rotatable bonds is 3. The molecule has 2 aliphatic heterocycles. The lowest BCUT2D eigenvalue weighted by Gasteiger charge is -2.34. The Bertz CT molecular complexity index is 723. The highest BCUT2D eigenvalue weighted by molar-refractivity contribution is 5.93. The van der Waals surface area contributed by atoms with Crippen LogP contribution in [0.25, 0.3) is 0 Å². The number of aromatic nitrogens is 3. The second kappa shape index (κ2) is 7.04. The largest absolute Gasteiger partial charge is 0.371 e. The lowest BCUT2D eigenvalue weighted by atomic mass is 10.2. The monoisotopic (exact) mass is 338 g/mol. The predicted molar refractivity (Wildman–Crippen MR) is 95.8 cm³/mol. The number of hydrogen-bond acceptors (Lipinski definition) is 6. The van der Waals surface area contributed by atoms with Gasteiger partial charge in [-0.25, -0.2) is 9.97 Å². The summed E-state index contributed by atoms with van der Waals surface area (Å²) in [4.78, 5) is 32.0. The van der Waals surface area contributed by atoms with E-state index in [1.165, 1.54) is 12.8 Å². The number of carbonyl (C=O) groups excluding carboxylic acids is 1. The Kier molecular flexibility index (Phi) is 4.45. The molecule has 0 spiro atoms. The molecule has 130 valence electrons. The third kappa shape index (κ3) is 3.40. The Balaban J connectivity index is 1.41. The number of nitrogens with zero attached hydrogens (tertiary/aromatic N) is 6. The summed E-state index contributed by atoms with van der Waals surface area (Å²) in [5.41, 5.74) is 1.64. The lowest BCUT2D eigenvalue weighted by Crippen LogP contribution is -2.49. The first-order valence-corrected chi connectivity index (χ1v) is 8.83. The first kappa shape index (κ1) is 15.8. The highest BCUT2D eigenvalue weighted by Crippen LogP contribution is 2.21. The van der Waals surface area contributed by atoms with E-state index in [0.29, 0.717) is 18.8 Å². The van der Waals surface area contributed by atoms with Gasteiger partial charge in [-0.15, -0.1) is 0 Å². The zero-order valence-electron chi connectivity index (χ0n) is 14.2. The maximum Gasteiger partial charge on any atom is 0.272 e. The van der Waals surface area contributed by atoms with Crippen molar-refractivity contribution in [2.45, 2.75) is 12.8 Å². The van der Waals surface area contributed by atoms with Crippen LogP contribution in [0.2, 0.25) is 0 Å². The predicted octanol–water partition coefficient (Wildman–Crippen LogP) is 1.43. The van der Waals surface area contributed by atoms with Crippen LogP contribution >= 0.6 is 0 Å². The zero-order valence-corrected chi connectivity index (χ0v) is 14.2. The van der Waals surface area contributed by atoms with Gasteiger partial charge in [0.2, 0.25) is 5.95 Å². The molecule has 0 bridgehead atoms. The first-order chi connectivity index (χ1) is 12.3. The Hall–Kier alpha value is -2.70. The van der Waals surface area contributed by atoms with E-state index >= 15 is 0 Å². The third-order valence-electron chi connectivity index (χ3n) is 4.84. The van der Waals surface area contributed by atoms with Crippen LogP contribution in [-0.2, 0) is 0 Å². The smallest absolute Gasteiger partial charge is 0.272 e. The number of amides is 1. The molecule has 25 heavy (non-hydrogen) atoms. The average molecular weight is 338 g/mol. The van der Waals surface area contributed by atoms with Crippen molar-refractivity contribution in [3.05, 3.63) is 42.5 Å². The maximum absolute atomic E-state index is 12.8. The van der Waals surface area contributed by atoms with Crippen LogP contribution in [0.5, 0.6) is 0 Å². The topological polar surface area (TPSA) is 65.5 Å². The van der Waals surface area contributed by atoms with E-state index in [1.807, 2.05) is 23.1 Å². The van der Waals surface area contributed by atoms with Crippen LogP contribution < -0.4 is 9.80 Å². The molecule has 4 heterocycles. The van der Waals surface area contributed by atoms with Crippen molar-refractivity contribution in [3.8, 4) is 0 Å². The van der Waals surface area contributed by atoms with Crippen LogP contribution in [0.1, 0.15) is 23.3 Å². The molecule has 7 heteroatoms. The van der Waals surface area contributed by atoms with Crippen LogP contribution in [0.3, 0.4) is 0 Å².